The first kappa shape index (κ1) is 11.9. The van der Waals surface area contributed by atoms with Gasteiger partial charge in [0.25, 0.3) is 0 Å². The van der Waals surface area contributed by atoms with Crippen LogP contribution in [0.5, 0.6) is 0 Å². The van der Waals surface area contributed by atoms with Crippen LogP contribution in [0.4, 0.5) is 0 Å². The van der Waals surface area contributed by atoms with E-state index >= 15 is 0 Å². The van der Waals surface area contributed by atoms with Gasteiger partial charge in [-0.2, -0.15) is 10.5 Å². The first-order valence-corrected chi connectivity index (χ1v) is 5.14. The first-order valence-electron chi connectivity index (χ1n) is 5.14. The third-order valence-electron chi connectivity index (χ3n) is 2.31. The molecule has 0 aliphatic heterocycles. The number of carbonyl (C=O) groups excluding carboxylic acids is 1. The van der Waals surface area contributed by atoms with Crippen molar-refractivity contribution in [3.8, 4) is 12.1 Å². The Morgan fingerprint density at radius 1 is 1.19 bits per heavy atom. The molecule has 3 nitrogen and oxygen atoms in total. The predicted octanol–water partition coefficient (Wildman–Crippen LogP) is 2.24. The Balaban J connectivity index is 2.35. The summed E-state index contributed by atoms with van der Waals surface area (Å²) >= 11 is 0. The molecule has 80 valence electrons. The number of nitrogens with zero attached hydrogens (tertiary/aromatic N) is 2. The smallest absolute Gasteiger partial charge is 0.191 e. The van der Waals surface area contributed by atoms with E-state index in [0.29, 0.717) is 12.8 Å². The van der Waals surface area contributed by atoms with Gasteiger partial charge < -0.3 is 0 Å². The predicted molar refractivity (Wildman–Crippen MR) is 59.1 cm³/mol. The van der Waals surface area contributed by atoms with Crippen LogP contribution in [0.15, 0.2) is 30.3 Å². The van der Waals surface area contributed by atoms with Crippen molar-refractivity contribution in [2.24, 2.45) is 5.92 Å². The summed E-state index contributed by atoms with van der Waals surface area (Å²) in [5.41, 5.74) is 1.17. The SMILES string of the molecule is N#CC(C#N)C(=O)CCCc1ccccc1. The maximum atomic E-state index is 11.4. The highest BCUT2D eigenvalue weighted by atomic mass is 16.1. The molecule has 0 fully saturated rings. The largest absolute Gasteiger partial charge is 0.297 e. The molecule has 1 aromatic rings. The molecule has 1 rings (SSSR count). The number of aryl methyl sites for hydroxylation is 1. The molecule has 0 atom stereocenters. The van der Waals surface area contributed by atoms with Crippen LogP contribution in [-0.4, -0.2) is 5.78 Å². The number of hydrogen-bond acceptors (Lipinski definition) is 3. The average Bonchev–Trinajstić information content (AvgIpc) is 2.32. The third-order valence-corrected chi connectivity index (χ3v) is 2.31. The molecular weight excluding hydrogens is 200 g/mol. The maximum absolute atomic E-state index is 11.4. The van der Waals surface area contributed by atoms with Crippen molar-refractivity contribution < 1.29 is 4.79 Å². The first-order chi connectivity index (χ1) is 7.77. The quantitative estimate of drug-likeness (QED) is 0.751. The Morgan fingerprint density at radius 2 is 1.81 bits per heavy atom. The van der Waals surface area contributed by atoms with E-state index in [-0.39, 0.29) is 5.78 Å². The van der Waals surface area contributed by atoms with Gasteiger partial charge in [0, 0.05) is 6.42 Å². The Morgan fingerprint density at radius 3 is 2.38 bits per heavy atom. The molecule has 0 aliphatic rings. The van der Waals surface area contributed by atoms with Crippen molar-refractivity contribution in [3.63, 3.8) is 0 Å². The van der Waals surface area contributed by atoms with Crippen LogP contribution in [0.1, 0.15) is 18.4 Å². The van der Waals surface area contributed by atoms with Gasteiger partial charge in [-0.15, -0.1) is 0 Å². The van der Waals surface area contributed by atoms with Crippen LogP contribution in [-0.2, 0) is 11.2 Å². The van der Waals surface area contributed by atoms with Crippen molar-refractivity contribution in [1.82, 2.24) is 0 Å². The Hall–Kier alpha value is -2.13. The van der Waals surface area contributed by atoms with Crippen molar-refractivity contribution in [1.29, 1.82) is 10.5 Å². The Bertz CT molecular complexity index is 411. The van der Waals surface area contributed by atoms with Gasteiger partial charge in [-0.25, -0.2) is 0 Å². The molecule has 0 N–H and O–H groups in total. The van der Waals surface area contributed by atoms with Crippen molar-refractivity contribution in [2.75, 3.05) is 0 Å². The zero-order chi connectivity index (χ0) is 11.8. The van der Waals surface area contributed by atoms with Crippen molar-refractivity contribution in [3.05, 3.63) is 35.9 Å². The van der Waals surface area contributed by atoms with E-state index in [9.17, 15) is 4.79 Å². The standard InChI is InChI=1S/C13H12N2O/c14-9-12(10-15)13(16)8-4-7-11-5-2-1-3-6-11/h1-3,5-6,12H,4,7-8H2. The summed E-state index contributed by atoms with van der Waals surface area (Å²) in [7, 11) is 0. The van der Waals surface area contributed by atoms with E-state index in [1.807, 2.05) is 30.3 Å². The van der Waals surface area contributed by atoms with E-state index in [4.69, 9.17) is 10.5 Å². The lowest BCUT2D eigenvalue weighted by Gasteiger charge is -2.01. The summed E-state index contributed by atoms with van der Waals surface area (Å²) in [4.78, 5) is 11.4. The van der Waals surface area contributed by atoms with E-state index < -0.39 is 5.92 Å². The van der Waals surface area contributed by atoms with Gasteiger partial charge in [-0.1, -0.05) is 30.3 Å². The lowest BCUT2D eigenvalue weighted by atomic mass is 10.0. The minimum Gasteiger partial charge on any atom is -0.297 e. The van der Waals surface area contributed by atoms with Crippen molar-refractivity contribution >= 4 is 5.78 Å². The van der Waals surface area contributed by atoms with Gasteiger partial charge in [-0.3, -0.25) is 4.79 Å². The molecule has 0 saturated carbocycles. The summed E-state index contributed by atoms with van der Waals surface area (Å²) < 4.78 is 0. The number of benzene rings is 1. The van der Waals surface area contributed by atoms with Crippen LogP contribution in [0, 0.1) is 28.6 Å². The second-order valence-electron chi connectivity index (χ2n) is 3.50. The van der Waals surface area contributed by atoms with Gasteiger partial charge in [0.2, 0.25) is 0 Å². The highest BCUT2D eigenvalue weighted by Gasteiger charge is 2.15. The zero-order valence-corrected chi connectivity index (χ0v) is 8.89. The Labute approximate surface area is 94.9 Å². The number of hydrogen-bond donors (Lipinski definition) is 0. The summed E-state index contributed by atoms with van der Waals surface area (Å²) in [5, 5.41) is 17.0. The minimum absolute atomic E-state index is 0.277. The molecule has 0 spiro atoms. The van der Waals surface area contributed by atoms with Gasteiger partial charge >= 0.3 is 0 Å². The zero-order valence-electron chi connectivity index (χ0n) is 8.89. The molecule has 3 heteroatoms. The number of Topliss-reactive ketones (excluding diaryl/α,β-unsaturated/α-hetero) is 1. The molecule has 0 radical (unpaired) electrons. The molecule has 0 heterocycles. The second-order valence-corrected chi connectivity index (χ2v) is 3.50. The van der Waals surface area contributed by atoms with E-state index in [0.717, 1.165) is 6.42 Å². The van der Waals surface area contributed by atoms with Gasteiger partial charge in [-0.05, 0) is 18.4 Å². The van der Waals surface area contributed by atoms with Gasteiger partial charge in [0.05, 0.1) is 12.1 Å². The normalized spacial score (nSPS) is 9.44. The molecule has 0 saturated heterocycles. The van der Waals surface area contributed by atoms with Crippen molar-refractivity contribution in [2.45, 2.75) is 19.3 Å². The molecule has 0 unspecified atom stereocenters. The molecule has 16 heavy (non-hydrogen) atoms. The summed E-state index contributed by atoms with van der Waals surface area (Å²) in [6.07, 6.45) is 1.78. The molecule has 0 aliphatic carbocycles. The summed E-state index contributed by atoms with van der Waals surface area (Å²) in [6, 6.07) is 13.2. The molecule has 0 amide bonds. The topological polar surface area (TPSA) is 64.7 Å². The van der Waals surface area contributed by atoms with Crippen LogP contribution < -0.4 is 0 Å². The van der Waals surface area contributed by atoms with Gasteiger partial charge in [0.1, 0.15) is 0 Å². The number of carbonyl (C=O) groups is 1. The second kappa shape index (κ2) is 6.37. The fourth-order valence-electron chi connectivity index (χ4n) is 1.43. The fraction of sp³-hybridized carbons (Fsp3) is 0.308. The molecule has 0 bridgehead atoms. The Kier molecular flexibility index (Phi) is 4.76. The fourth-order valence-corrected chi connectivity index (χ4v) is 1.43. The molecule has 1 aromatic carbocycles. The number of ketones is 1. The lowest BCUT2D eigenvalue weighted by Crippen LogP contribution is -2.10. The number of nitriles is 2. The third kappa shape index (κ3) is 3.55. The average molecular weight is 212 g/mol. The number of rotatable bonds is 5. The van der Waals surface area contributed by atoms with E-state index in [1.54, 1.807) is 12.1 Å². The van der Waals surface area contributed by atoms with E-state index in [2.05, 4.69) is 0 Å². The molecule has 0 aromatic heterocycles. The van der Waals surface area contributed by atoms with Gasteiger partial charge in [0.15, 0.2) is 11.7 Å². The minimum atomic E-state index is -1.10. The van der Waals surface area contributed by atoms with Crippen LogP contribution in [0.25, 0.3) is 0 Å². The monoisotopic (exact) mass is 212 g/mol. The van der Waals surface area contributed by atoms with E-state index in [1.165, 1.54) is 5.56 Å². The van der Waals surface area contributed by atoms with Crippen LogP contribution >= 0.6 is 0 Å². The highest BCUT2D eigenvalue weighted by Crippen LogP contribution is 2.07. The van der Waals surface area contributed by atoms with Crippen LogP contribution in [0.3, 0.4) is 0 Å². The highest BCUT2D eigenvalue weighted by molar-refractivity contribution is 5.85. The molecular formula is C13H12N2O. The summed E-state index contributed by atoms with van der Waals surface area (Å²) in [5.74, 6) is -1.38. The summed E-state index contributed by atoms with van der Waals surface area (Å²) in [6.45, 7) is 0. The van der Waals surface area contributed by atoms with Crippen LogP contribution in [0.2, 0.25) is 0 Å². The lowest BCUT2D eigenvalue weighted by molar-refractivity contribution is -0.120. The maximum Gasteiger partial charge on any atom is 0.191 e.